The van der Waals surface area contributed by atoms with Gasteiger partial charge < -0.3 is 15.0 Å². The molecule has 1 saturated carbocycles. The van der Waals surface area contributed by atoms with E-state index in [1.54, 1.807) is 49.4 Å². The average molecular weight is 633 g/mol. The largest absolute Gasteiger partial charge is 0.457 e. The lowest BCUT2D eigenvalue weighted by atomic mass is 9.95. The molecule has 1 N–H and O–H groups in total. The number of anilines is 1. The molecule has 0 bridgehead atoms. The van der Waals surface area contributed by atoms with Gasteiger partial charge in [0.25, 0.3) is 0 Å². The van der Waals surface area contributed by atoms with E-state index in [1.807, 2.05) is 30.3 Å². The second-order valence-electron chi connectivity index (χ2n) is 10.5. The minimum atomic E-state index is -3.87. The summed E-state index contributed by atoms with van der Waals surface area (Å²) >= 11 is 12.5. The Labute approximate surface area is 257 Å². The Morgan fingerprint density at radius 3 is 2.21 bits per heavy atom. The normalized spacial score (nSPS) is 14.6. The predicted octanol–water partition coefficient (Wildman–Crippen LogP) is 6.42. The number of halogens is 2. The van der Waals surface area contributed by atoms with Gasteiger partial charge in [0, 0.05) is 22.6 Å². The van der Waals surface area contributed by atoms with Crippen LogP contribution in [0, 0.1) is 0 Å². The first-order chi connectivity index (χ1) is 20.0. The van der Waals surface area contributed by atoms with Crippen molar-refractivity contribution in [3.05, 3.63) is 88.4 Å². The Morgan fingerprint density at radius 1 is 0.952 bits per heavy atom. The molecule has 1 fully saturated rings. The minimum absolute atomic E-state index is 0.00442. The first-order valence-corrected chi connectivity index (χ1v) is 16.5. The summed E-state index contributed by atoms with van der Waals surface area (Å²) in [5.41, 5.74) is 0.870. The van der Waals surface area contributed by atoms with E-state index in [9.17, 15) is 18.0 Å². The molecule has 1 atom stereocenters. The summed E-state index contributed by atoms with van der Waals surface area (Å²) in [5.74, 6) is 0.296. The van der Waals surface area contributed by atoms with Crippen LogP contribution in [0.2, 0.25) is 10.0 Å². The van der Waals surface area contributed by atoms with Crippen molar-refractivity contribution in [1.82, 2.24) is 10.2 Å². The van der Waals surface area contributed by atoms with E-state index in [2.05, 4.69) is 5.32 Å². The van der Waals surface area contributed by atoms with Gasteiger partial charge in [-0.2, -0.15) is 0 Å². The van der Waals surface area contributed by atoms with Crippen molar-refractivity contribution in [3.63, 3.8) is 0 Å². The number of hydrogen-bond acceptors (Lipinski definition) is 5. The van der Waals surface area contributed by atoms with E-state index in [1.165, 1.54) is 4.90 Å². The van der Waals surface area contributed by atoms with E-state index >= 15 is 0 Å². The number of sulfonamides is 1. The summed E-state index contributed by atoms with van der Waals surface area (Å²) < 4.78 is 32.6. The van der Waals surface area contributed by atoms with E-state index in [-0.39, 0.29) is 24.2 Å². The Morgan fingerprint density at radius 2 is 1.60 bits per heavy atom. The van der Waals surface area contributed by atoms with Crippen LogP contribution in [0.5, 0.6) is 11.5 Å². The summed E-state index contributed by atoms with van der Waals surface area (Å²) in [6.07, 6.45) is 6.04. The van der Waals surface area contributed by atoms with Crippen molar-refractivity contribution in [1.29, 1.82) is 0 Å². The molecular formula is C31H35Cl2N3O5S. The summed E-state index contributed by atoms with van der Waals surface area (Å²) in [4.78, 5) is 28.5. The third kappa shape index (κ3) is 8.63. The summed E-state index contributed by atoms with van der Waals surface area (Å²) in [7, 11) is -3.87. The van der Waals surface area contributed by atoms with Crippen LogP contribution < -0.4 is 14.4 Å². The molecule has 0 aliphatic heterocycles. The van der Waals surface area contributed by atoms with Gasteiger partial charge in [0.15, 0.2) is 0 Å². The molecule has 1 aliphatic rings. The van der Waals surface area contributed by atoms with E-state index < -0.39 is 28.5 Å². The van der Waals surface area contributed by atoms with Crippen molar-refractivity contribution in [2.75, 3.05) is 17.1 Å². The first-order valence-electron chi connectivity index (χ1n) is 13.9. The molecule has 2 amide bonds. The molecule has 42 heavy (non-hydrogen) atoms. The first kappa shape index (κ1) is 31.7. The second kappa shape index (κ2) is 14.3. The van der Waals surface area contributed by atoms with Gasteiger partial charge in [-0.3, -0.25) is 13.9 Å². The number of hydrogen-bond donors (Lipinski definition) is 1. The van der Waals surface area contributed by atoms with Crippen LogP contribution in [0.4, 0.5) is 5.69 Å². The molecular weight excluding hydrogens is 597 g/mol. The third-order valence-electron chi connectivity index (χ3n) is 7.26. The van der Waals surface area contributed by atoms with Crippen LogP contribution in [0.1, 0.15) is 44.6 Å². The van der Waals surface area contributed by atoms with Gasteiger partial charge in [-0.15, -0.1) is 0 Å². The second-order valence-corrected chi connectivity index (χ2v) is 13.2. The van der Waals surface area contributed by atoms with Crippen molar-refractivity contribution in [3.8, 4) is 11.5 Å². The Bertz CT molecular complexity index is 1480. The van der Waals surface area contributed by atoms with Crippen LogP contribution >= 0.6 is 23.2 Å². The zero-order valence-electron chi connectivity index (χ0n) is 23.6. The molecule has 8 nitrogen and oxygen atoms in total. The maximum atomic E-state index is 13.8. The number of ether oxygens (including phenoxy) is 1. The van der Waals surface area contributed by atoms with E-state index in [0.29, 0.717) is 27.1 Å². The van der Waals surface area contributed by atoms with Crippen LogP contribution in [-0.2, 0) is 26.2 Å². The van der Waals surface area contributed by atoms with Gasteiger partial charge in [-0.05, 0) is 73.9 Å². The lowest BCUT2D eigenvalue weighted by molar-refractivity contribution is -0.139. The molecule has 0 spiro atoms. The number of rotatable bonds is 11. The van der Waals surface area contributed by atoms with Crippen LogP contribution in [0.25, 0.3) is 0 Å². The molecule has 3 aromatic carbocycles. The monoisotopic (exact) mass is 631 g/mol. The number of carbonyl (C=O) groups excluding carboxylic acids is 2. The number of para-hydroxylation sites is 1. The minimum Gasteiger partial charge on any atom is -0.457 e. The maximum Gasteiger partial charge on any atom is 0.244 e. The molecule has 1 aliphatic carbocycles. The SMILES string of the molecule is CC(C(=O)NC1CCCCC1)N(Cc1ccc(Cl)cc1Cl)C(=O)CN(c1ccc(Oc2ccccc2)cc1)S(C)(=O)=O. The number of amides is 2. The molecule has 0 heterocycles. The van der Waals surface area contributed by atoms with Gasteiger partial charge in [0.05, 0.1) is 11.9 Å². The molecule has 11 heteroatoms. The van der Waals surface area contributed by atoms with E-state index in [0.717, 1.165) is 42.7 Å². The fourth-order valence-corrected chi connectivity index (χ4v) is 6.22. The number of benzene rings is 3. The van der Waals surface area contributed by atoms with Crippen molar-refractivity contribution in [2.24, 2.45) is 0 Å². The highest BCUT2D eigenvalue weighted by atomic mass is 35.5. The smallest absolute Gasteiger partial charge is 0.244 e. The number of carbonyl (C=O) groups is 2. The fourth-order valence-electron chi connectivity index (χ4n) is 4.90. The van der Waals surface area contributed by atoms with Crippen LogP contribution in [-0.4, -0.2) is 50.0 Å². The zero-order chi connectivity index (χ0) is 30.3. The lowest BCUT2D eigenvalue weighted by Gasteiger charge is -2.33. The Kier molecular flexibility index (Phi) is 10.8. The molecule has 224 valence electrons. The maximum absolute atomic E-state index is 13.8. The fraction of sp³-hybridized carbons (Fsp3) is 0.355. The highest BCUT2D eigenvalue weighted by Gasteiger charge is 2.31. The zero-order valence-corrected chi connectivity index (χ0v) is 26.0. The third-order valence-corrected chi connectivity index (χ3v) is 8.98. The summed E-state index contributed by atoms with van der Waals surface area (Å²) in [5, 5.41) is 3.85. The van der Waals surface area contributed by atoms with Crippen molar-refractivity contribution in [2.45, 2.75) is 57.7 Å². The number of nitrogens with one attached hydrogen (secondary N) is 1. The van der Waals surface area contributed by atoms with Crippen molar-refractivity contribution < 1.29 is 22.7 Å². The molecule has 3 aromatic rings. The molecule has 1 unspecified atom stereocenters. The standard InChI is InChI=1S/C31H35Cl2N3O5S/c1-22(31(38)34-25-9-5-3-6-10-25)35(20-23-13-14-24(32)19-29(23)33)30(37)21-36(42(2,39)40)26-15-17-28(18-16-26)41-27-11-7-4-8-12-27/h4,7-8,11-19,22,25H,3,5-6,9-10,20-21H2,1-2H3,(H,34,38). The van der Waals surface area contributed by atoms with Crippen molar-refractivity contribution >= 4 is 50.7 Å². The molecule has 0 saturated heterocycles. The van der Waals surface area contributed by atoms with Gasteiger partial charge in [0.2, 0.25) is 21.8 Å². The summed E-state index contributed by atoms with van der Waals surface area (Å²) in [6, 6.07) is 19.7. The highest BCUT2D eigenvalue weighted by molar-refractivity contribution is 7.92. The van der Waals surface area contributed by atoms with Crippen LogP contribution in [0.15, 0.2) is 72.8 Å². The van der Waals surface area contributed by atoms with Gasteiger partial charge in [0.1, 0.15) is 24.1 Å². The quantitative estimate of drug-likeness (QED) is 0.263. The Balaban J connectivity index is 1.57. The van der Waals surface area contributed by atoms with Gasteiger partial charge >= 0.3 is 0 Å². The molecule has 0 radical (unpaired) electrons. The molecule has 4 rings (SSSR count). The number of nitrogens with zero attached hydrogens (tertiary/aromatic N) is 2. The lowest BCUT2D eigenvalue weighted by Crippen LogP contribution is -2.53. The topological polar surface area (TPSA) is 96.0 Å². The Hall–Kier alpha value is -3.27. The average Bonchev–Trinajstić information content (AvgIpc) is 2.96. The van der Waals surface area contributed by atoms with Gasteiger partial charge in [-0.25, -0.2) is 8.42 Å². The molecule has 0 aromatic heterocycles. The van der Waals surface area contributed by atoms with Crippen LogP contribution in [0.3, 0.4) is 0 Å². The highest BCUT2D eigenvalue weighted by Crippen LogP contribution is 2.27. The van der Waals surface area contributed by atoms with Gasteiger partial charge in [-0.1, -0.05) is 66.7 Å². The summed E-state index contributed by atoms with van der Waals surface area (Å²) in [6.45, 7) is 1.12. The predicted molar refractivity (Wildman–Crippen MR) is 167 cm³/mol. The van der Waals surface area contributed by atoms with E-state index in [4.69, 9.17) is 27.9 Å².